The Kier molecular flexibility index (Phi) is 3.40. The van der Waals surface area contributed by atoms with E-state index in [4.69, 9.17) is 5.73 Å². The molecule has 0 fully saturated rings. The van der Waals surface area contributed by atoms with Gasteiger partial charge >= 0.3 is 0 Å². The summed E-state index contributed by atoms with van der Waals surface area (Å²) < 4.78 is 23.1. The van der Waals surface area contributed by atoms with E-state index in [2.05, 4.69) is 4.98 Å². The van der Waals surface area contributed by atoms with Crippen molar-refractivity contribution in [3.05, 3.63) is 16.6 Å². The number of sulfone groups is 1. The molecule has 1 rings (SSSR count). The minimum Gasteiger partial charge on any atom is -0.329 e. The van der Waals surface area contributed by atoms with Gasteiger partial charge in [-0.15, -0.1) is 11.3 Å². The number of hydrogen-bond donors (Lipinski definition) is 1. The van der Waals surface area contributed by atoms with E-state index in [1.54, 1.807) is 18.6 Å². The first-order valence-electron chi connectivity index (χ1n) is 3.85. The first kappa shape index (κ1) is 10.6. The third kappa shape index (κ3) is 2.75. The Morgan fingerprint density at radius 1 is 1.69 bits per heavy atom. The normalized spacial score (nSPS) is 14.3. The van der Waals surface area contributed by atoms with Crippen LogP contribution in [0.1, 0.15) is 11.8 Å². The van der Waals surface area contributed by atoms with Crippen molar-refractivity contribution in [3.63, 3.8) is 0 Å². The van der Waals surface area contributed by atoms with E-state index in [1.165, 1.54) is 11.3 Å². The summed E-state index contributed by atoms with van der Waals surface area (Å²) in [5.74, 6) is 0.0516. The maximum Gasteiger partial charge on any atom is 0.159 e. The predicted molar refractivity (Wildman–Crippen MR) is 53.3 cm³/mol. The number of nitrogens with zero attached hydrogens (tertiary/aromatic N) is 1. The number of rotatable bonds is 4. The first-order chi connectivity index (χ1) is 6.06. The third-order valence-electron chi connectivity index (χ3n) is 1.77. The van der Waals surface area contributed by atoms with Gasteiger partial charge in [0.05, 0.1) is 16.5 Å². The summed E-state index contributed by atoms with van der Waals surface area (Å²) in [4.78, 5) is 4.58. The lowest BCUT2D eigenvalue weighted by Gasteiger charge is -2.08. The molecule has 0 bridgehead atoms. The van der Waals surface area contributed by atoms with E-state index < -0.39 is 15.1 Å². The molecule has 0 aromatic carbocycles. The van der Waals surface area contributed by atoms with Gasteiger partial charge in [0.1, 0.15) is 0 Å². The van der Waals surface area contributed by atoms with E-state index in [-0.39, 0.29) is 12.3 Å². The van der Waals surface area contributed by atoms with Crippen LogP contribution in [0.2, 0.25) is 0 Å². The van der Waals surface area contributed by atoms with E-state index in [1.807, 2.05) is 0 Å². The van der Waals surface area contributed by atoms with Crippen molar-refractivity contribution in [2.45, 2.75) is 17.9 Å². The molecule has 0 spiro atoms. The molecule has 1 atom stereocenters. The molecular weight excluding hydrogens is 208 g/mol. The van der Waals surface area contributed by atoms with E-state index in [0.717, 1.165) is 4.88 Å². The minimum atomic E-state index is -3.09. The molecule has 1 aromatic rings. The highest BCUT2D eigenvalue weighted by atomic mass is 32.2. The lowest BCUT2D eigenvalue weighted by molar-refractivity contribution is 0.583. The number of hydrogen-bond acceptors (Lipinski definition) is 5. The summed E-state index contributed by atoms with van der Waals surface area (Å²) in [5.41, 5.74) is 6.92. The molecule has 2 N–H and O–H groups in total. The van der Waals surface area contributed by atoms with Crippen LogP contribution in [0.5, 0.6) is 0 Å². The highest BCUT2D eigenvalue weighted by molar-refractivity contribution is 7.91. The summed E-state index contributed by atoms with van der Waals surface area (Å²) in [6.45, 7) is 1.79. The molecule has 1 aromatic heterocycles. The van der Waals surface area contributed by atoms with Crippen LogP contribution < -0.4 is 5.73 Å². The molecule has 4 nitrogen and oxygen atoms in total. The molecule has 0 aliphatic rings. The standard InChI is InChI=1S/C7H12N2O2S2/c1-6(2-8)13(10,11)4-7-3-9-5-12-7/h3,5-6H,2,4,8H2,1H3. The van der Waals surface area contributed by atoms with Gasteiger partial charge in [-0.3, -0.25) is 4.98 Å². The van der Waals surface area contributed by atoms with Crippen molar-refractivity contribution in [3.8, 4) is 0 Å². The molecule has 0 aliphatic heterocycles. The summed E-state index contributed by atoms with van der Waals surface area (Å²) in [6, 6.07) is 0. The Hall–Kier alpha value is -0.460. The molecule has 74 valence electrons. The molecule has 0 saturated carbocycles. The van der Waals surface area contributed by atoms with Gasteiger partial charge in [-0.05, 0) is 6.92 Å². The number of nitrogens with two attached hydrogens (primary N) is 1. The Balaban J connectivity index is 2.74. The average molecular weight is 220 g/mol. The van der Waals surface area contributed by atoms with Crippen LogP contribution in [-0.2, 0) is 15.6 Å². The molecule has 13 heavy (non-hydrogen) atoms. The smallest absolute Gasteiger partial charge is 0.159 e. The summed E-state index contributed by atoms with van der Waals surface area (Å²) in [5, 5.41) is -0.477. The Morgan fingerprint density at radius 3 is 2.85 bits per heavy atom. The monoisotopic (exact) mass is 220 g/mol. The molecule has 6 heteroatoms. The summed E-state index contributed by atoms with van der Waals surface area (Å²) >= 11 is 1.35. The fourth-order valence-electron chi connectivity index (χ4n) is 0.801. The second-order valence-corrected chi connectivity index (χ2v) is 6.21. The van der Waals surface area contributed by atoms with Crippen LogP contribution in [-0.4, -0.2) is 25.2 Å². The van der Waals surface area contributed by atoms with Gasteiger partial charge in [0.25, 0.3) is 0 Å². The maximum absolute atomic E-state index is 11.5. The zero-order chi connectivity index (χ0) is 9.90. The van der Waals surface area contributed by atoms with Gasteiger partial charge in [-0.1, -0.05) is 0 Å². The predicted octanol–water partition coefficient (Wildman–Crippen LogP) is 0.405. The third-order valence-corrected chi connectivity index (χ3v) is 4.87. The van der Waals surface area contributed by atoms with Crippen LogP contribution in [0.3, 0.4) is 0 Å². The van der Waals surface area contributed by atoms with E-state index in [9.17, 15) is 8.42 Å². The van der Waals surface area contributed by atoms with Crippen molar-refractivity contribution < 1.29 is 8.42 Å². The zero-order valence-electron chi connectivity index (χ0n) is 7.30. The second-order valence-electron chi connectivity index (χ2n) is 2.82. The largest absolute Gasteiger partial charge is 0.329 e. The minimum absolute atomic E-state index is 0.0516. The van der Waals surface area contributed by atoms with E-state index in [0.29, 0.717) is 0 Å². The van der Waals surface area contributed by atoms with Gasteiger partial charge in [0, 0.05) is 17.6 Å². The quantitative estimate of drug-likeness (QED) is 0.797. The van der Waals surface area contributed by atoms with Crippen molar-refractivity contribution in [2.24, 2.45) is 5.73 Å². The zero-order valence-corrected chi connectivity index (χ0v) is 8.94. The van der Waals surface area contributed by atoms with Crippen LogP contribution in [0.25, 0.3) is 0 Å². The molecule has 0 aliphatic carbocycles. The number of thiazole rings is 1. The van der Waals surface area contributed by atoms with Crippen LogP contribution in [0.15, 0.2) is 11.7 Å². The van der Waals surface area contributed by atoms with Gasteiger partial charge in [0.2, 0.25) is 0 Å². The Morgan fingerprint density at radius 2 is 2.38 bits per heavy atom. The first-order valence-corrected chi connectivity index (χ1v) is 6.45. The van der Waals surface area contributed by atoms with Crippen LogP contribution >= 0.6 is 11.3 Å². The van der Waals surface area contributed by atoms with Gasteiger partial charge < -0.3 is 5.73 Å². The fraction of sp³-hybridized carbons (Fsp3) is 0.571. The fourth-order valence-corrected chi connectivity index (χ4v) is 2.99. The van der Waals surface area contributed by atoms with Crippen LogP contribution in [0, 0.1) is 0 Å². The molecule has 0 radical (unpaired) electrons. The van der Waals surface area contributed by atoms with Crippen molar-refractivity contribution >= 4 is 21.2 Å². The molecule has 1 unspecified atom stereocenters. The van der Waals surface area contributed by atoms with Crippen molar-refractivity contribution in [1.29, 1.82) is 0 Å². The average Bonchev–Trinajstić information content (AvgIpc) is 2.54. The molecule has 0 saturated heterocycles. The Bertz CT molecular complexity index is 345. The van der Waals surface area contributed by atoms with Gasteiger partial charge in [-0.2, -0.15) is 0 Å². The van der Waals surface area contributed by atoms with E-state index >= 15 is 0 Å². The molecule has 0 amide bonds. The summed E-state index contributed by atoms with van der Waals surface area (Å²) in [6.07, 6.45) is 1.57. The lowest BCUT2D eigenvalue weighted by atomic mass is 10.5. The second kappa shape index (κ2) is 4.17. The lowest BCUT2D eigenvalue weighted by Crippen LogP contribution is -2.27. The topological polar surface area (TPSA) is 73.1 Å². The SMILES string of the molecule is CC(CN)S(=O)(=O)Cc1cncs1. The molecule has 1 heterocycles. The van der Waals surface area contributed by atoms with Gasteiger partial charge in [-0.25, -0.2) is 8.42 Å². The number of aromatic nitrogens is 1. The Labute approximate surface area is 81.7 Å². The highest BCUT2D eigenvalue weighted by Gasteiger charge is 2.20. The molecular formula is C7H12N2O2S2. The summed E-state index contributed by atoms with van der Waals surface area (Å²) in [7, 11) is -3.09. The maximum atomic E-state index is 11.5. The van der Waals surface area contributed by atoms with Crippen molar-refractivity contribution in [2.75, 3.05) is 6.54 Å². The van der Waals surface area contributed by atoms with Crippen molar-refractivity contribution in [1.82, 2.24) is 4.98 Å². The van der Waals surface area contributed by atoms with Gasteiger partial charge in [0.15, 0.2) is 9.84 Å². The highest BCUT2D eigenvalue weighted by Crippen LogP contribution is 2.13. The van der Waals surface area contributed by atoms with Crippen LogP contribution in [0.4, 0.5) is 0 Å².